The van der Waals surface area contributed by atoms with Gasteiger partial charge >= 0.3 is 5.97 Å². The van der Waals surface area contributed by atoms with Crippen LogP contribution in [0.3, 0.4) is 0 Å². The van der Waals surface area contributed by atoms with Crippen molar-refractivity contribution < 1.29 is 14.6 Å². The Hall–Kier alpha value is -0.830. The molecule has 0 spiro atoms. The molecule has 1 aliphatic rings. The summed E-state index contributed by atoms with van der Waals surface area (Å²) in [5, 5.41) is 9.54. The Bertz CT molecular complexity index is 385. The first kappa shape index (κ1) is 24.2. The van der Waals surface area contributed by atoms with Crippen molar-refractivity contribution >= 4 is 5.97 Å². The summed E-state index contributed by atoms with van der Waals surface area (Å²) in [6.07, 6.45) is 23.0. The van der Waals surface area contributed by atoms with Crippen LogP contribution in [0.2, 0.25) is 0 Å². The van der Waals surface area contributed by atoms with Crippen molar-refractivity contribution in [2.45, 2.75) is 116 Å². The molecule has 1 fully saturated rings. The van der Waals surface area contributed by atoms with Gasteiger partial charge in [0.2, 0.25) is 0 Å². The van der Waals surface area contributed by atoms with Crippen LogP contribution in [0.4, 0.5) is 0 Å². The lowest BCUT2D eigenvalue weighted by Crippen LogP contribution is -2.30. The third-order valence-electron chi connectivity index (χ3n) is 6.03. The molecule has 1 rings (SSSR count). The quantitative estimate of drug-likeness (QED) is 0.215. The molecule has 0 aromatic carbocycles. The zero-order chi connectivity index (χ0) is 19.7. The van der Waals surface area contributed by atoms with Gasteiger partial charge in [0.15, 0.2) is 0 Å². The first-order chi connectivity index (χ1) is 13.2. The van der Waals surface area contributed by atoms with E-state index in [4.69, 9.17) is 4.74 Å². The van der Waals surface area contributed by atoms with Gasteiger partial charge in [0.25, 0.3) is 0 Å². The lowest BCUT2D eigenvalue weighted by molar-refractivity contribution is -0.145. The number of unbranched alkanes of at least 4 members (excludes halogenated alkanes) is 10. The van der Waals surface area contributed by atoms with E-state index in [1.807, 2.05) is 0 Å². The molecule has 3 nitrogen and oxygen atoms in total. The Labute approximate surface area is 168 Å². The largest absolute Gasteiger partial charge is 0.481 e. The minimum atomic E-state index is -0.643. The highest BCUT2D eigenvalue weighted by Crippen LogP contribution is 2.29. The number of carboxylic acids is 1. The summed E-state index contributed by atoms with van der Waals surface area (Å²) in [6, 6.07) is 0. The molecule has 0 aliphatic carbocycles. The summed E-state index contributed by atoms with van der Waals surface area (Å²) >= 11 is 0. The van der Waals surface area contributed by atoms with Gasteiger partial charge in [-0.05, 0) is 50.9 Å². The van der Waals surface area contributed by atoms with Gasteiger partial charge in [0.05, 0.1) is 12.0 Å². The van der Waals surface area contributed by atoms with E-state index in [1.54, 1.807) is 0 Å². The van der Waals surface area contributed by atoms with Crippen LogP contribution in [0.25, 0.3) is 0 Å². The smallest absolute Gasteiger partial charge is 0.306 e. The van der Waals surface area contributed by atoms with E-state index in [0.29, 0.717) is 0 Å². The molecule has 0 saturated carbocycles. The van der Waals surface area contributed by atoms with Crippen molar-refractivity contribution in [1.29, 1.82) is 0 Å². The number of rotatable bonds is 17. The zero-order valence-electron chi connectivity index (χ0n) is 18.0. The maximum Gasteiger partial charge on any atom is 0.306 e. The van der Waals surface area contributed by atoms with Crippen molar-refractivity contribution in [2.24, 2.45) is 11.8 Å². The predicted molar refractivity (Wildman–Crippen MR) is 114 cm³/mol. The van der Waals surface area contributed by atoms with Gasteiger partial charge in [-0.15, -0.1) is 0 Å². The Balaban J connectivity index is 1.98. The molecule has 3 unspecified atom stereocenters. The van der Waals surface area contributed by atoms with Crippen LogP contribution in [-0.4, -0.2) is 23.8 Å². The molecule has 0 aromatic rings. The third-order valence-corrected chi connectivity index (χ3v) is 6.03. The molecule has 1 aliphatic heterocycles. The van der Waals surface area contributed by atoms with E-state index in [0.717, 1.165) is 38.7 Å². The van der Waals surface area contributed by atoms with E-state index in [9.17, 15) is 9.90 Å². The van der Waals surface area contributed by atoms with Gasteiger partial charge in [-0.25, -0.2) is 0 Å². The molecular formula is C24H44O3. The second-order valence-electron chi connectivity index (χ2n) is 8.37. The van der Waals surface area contributed by atoms with Gasteiger partial charge in [0, 0.05) is 6.61 Å². The standard InChI is InChI=1S/C24H44O3/c1-3-4-5-6-7-8-9-10-11-12-13-14-15-16-18-22(24(25)26)21(2)23-19-17-20-27-23/h10-11,21-23H,3-9,12-20H2,1-2H3,(H,25,26)/b11-10-. The second kappa shape index (κ2) is 16.2. The maximum atomic E-state index is 11.6. The summed E-state index contributed by atoms with van der Waals surface area (Å²) < 4.78 is 5.70. The van der Waals surface area contributed by atoms with E-state index in [-0.39, 0.29) is 17.9 Å². The highest BCUT2D eigenvalue weighted by molar-refractivity contribution is 5.70. The molecule has 3 heteroatoms. The minimum absolute atomic E-state index is 0.134. The van der Waals surface area contributed by atoms with Gasteiger partial charge in [-0.2, -0.15) is 0 Å². The Morgan fingerprint density at radius 1 is 1.00 bits per heavy atom. The van der Waals surface area contributed by atoms with Crippen molar-refractivity contribution in [3.05, 3.63) is 12.2 Å². The van der Waals surface area contributed by atoms with Crippen molar-refractivity contribution in [3.63, 3.8) is 0 Å². The number of hydrogen-bond donors (Lipinski definition) is 1. The number of carboxylic acid groups (broad SMARTS) is 1. The van der Waals surface area contributed by atoms with Gasteiger partial charge in [-0.1, -0.05) is 77.4 Å². The predicted octanol–water partition coefficient (Wildman–Crippen LogP) is 7.15. The molecule has 158 valence electrons. The maximum absolute atomic E-state index is 11.6. The molecular weight excluding hydrogens is 336 g/mol. The van der Waals surface area contributed by atoms with E-state index in [2.05, 4.69) is 26.0 Å². The number of hydrogen-bond acceptors (Lipinski definition) is 2. The van der Waals surface area contributed by atoms with Gasteiger partial charge < -0.3 is 9.84 Å². The first-order valence-electron chi connectivity index (χ1n) is 11.7. The van der Waals surface area contributed by atoms with Crippen LogP contribution >= 0.6 is 0 Å². The second-order valence-corrected chi connectivity index (χ2v) is 8.37. The summed E-state index contributed by atoms with van der Waals surface area (Å²) in [7, 11) is 0. The number of aliphatic carboxylic acids is 1. The molecule has 1 N–H and O–H groups in total. The van der Waals surface area contributed by atoms with Crippen LogP contribution in [0.5, 0.6) is 0 Å². The molecule has 0 radical (unpaired) electrons. The lowest BCUT2D eigenvalue weighted by Gasteiger charge is -2.25. The normalized spacial score (nSPS) is 19.6. The monoisotopic (exact) mass is 380 g/mol. The lowest BCUT2D eigenvalue weighted by atomic mass is 9.84. The van der Waals surface area contributed by atoms with Crippen LogP contribution in [-0.2, 0) is 9.53 Å². The minimum Gasteiger partial charge on any atom is -0.481 e. The molecule has 0 bridgehead atoms. The van der Waals surface area contributed by atoms with E-state index < -0.39 is 5.97 Å². The van der Waals surface area contributed by atoms with Crippen LogP contribution in [0.15, 0.2) is 12.2 Å². The Morgan fingerprint density at radius 2 is 1.59 bits per heavy atom. The number of carbonyl (C=O) groups is 1. The molecule has 0 aromatic heterocycles. The average molecular weight is 381 g/mol. The van der Waals surface area contributed by atoms with Gasteiger partial charge in [0.1, 0.15) is 0 Å². The van der Waals surface area contributed by atoms with E-state index >= 15 is 0 Å². The average Bonchev–Trinajstić information content (AvgIpc) is 3.19. The highest BCUT2D eigenvalue weighted by atomic mass is 16.5. The van der Waals surface area contributed by atoms with Crippen molar-refractivity contribution in [1.82, 2.24) is 0 Å². The summed E-state index contributed by atoms with van der Waals surface area (Å²) in [5.41, 5.74) is 0. The fourth-order valence-electron chi connectivity index (χ4n) is 4.15. The molecule has 0 amide bonds. The SMILES string of the molecule is CCCCCCCC/C=C\CCCCCCC(C(=O)O)C(C)C1CCCO1. The van der Waals surface area contributed by atoms with Gasteiger partial charge in [-0.3, -0.25) is 4.79 Å². The first-order valence-corrected chi connectivity index (χ1v) is 11.7. The molecule has 1 heterocycles. The molecule has 27 heavy (non-hydrogen) atoms. The van der Waals surface area contributed by atoms with E-state index in [1.165, 1.54) is 64.2 Å². The Kier molecular flexibility index (Phi) is 14.5. The number of allylic oxidation sites excluding steroid dienone is 2. The van der Waals surface area contributed by atoms with Crippen LogP contribution in [0, 0.1) is 11.8 Å². The topological polar surface area (TPSA) is 46.5 Å². The van der Waals surface area contributed by atoms with Crippen LogP contribution in [0.1, 0.15) is 110 Å². The summed E-state index contributed by atoms with van der Waals surface area (Å²) in [4.78, 5) is 11.6. The summed E-state index contributed by atoms with van der Waals surface area (Å²) in [5.74, 6) is -0.754. The zero-order valence-corrected chi connectivity index (χ0v) is 18.0. The highest BCUT2D eigenvalue weighted by Gasteiger charge is 2.32. The fraction of sp³-hybridized carbons (Fsp3) is 0.875. The molecule has 1 saturated heterocycles. The fourth-order valence-corrected chi connectivity index (χ4v) is 4.15. The Morgan fingerprint density at radius 3 is 2.15 bits per heavy atom. The van der Waals surface area contributed by atoms with Crippen molar-refractivity contribution in [3.8, 4) is 0 Å². The van der Waals surface area contributed by atoms with Crippen molar-refractivity contribution in [2.75, 3.05) is 6.61 Å². The molecule has 3 atom stereocenters. The van der Waals surface area contributed by atoms with Crippen LogP contribution < -0.4 is 0 Å². The third kappa shape index (κ3) is 11.6. The number of ether oxygens (including phenoxy) is 1. The summed E-state index contributed by atoms with van der Waals surface area (Å²) in [6.45, 7) is 5.12.